The van der Waals surface area contributed by atoms with Gasteiger partial charge in [0, 0.05) is 12.5 Å². The van der Waals surface area contributed by atoms with Crippen molar-refractivity contribution in [2.24, 2.45) is 24.8 Å². The molecular formula is C15H23N3. The molecule has 0 saturated heterocycles. The van der Waals surface area contributed by atoms with E-state index >= 15 is 0 Å². The standard InChI is InChI=1S/C15H23N3/c1-9-17-13(14(16)18(9)2)15-6-10-3-11(7-15)5-12(4-10)8-15/h10-12H,3-8,16H2,1-2H3. The zero-order valence-corrected chi connectivity index (χ0v) is 11.4. The molecule has 4 saturated carbocycles. The molecule has 2 N–H and O–H groups in total. The Labute approximate surface area is 109 Å². The second kappa shape index (κ2) is 3.31. The Morgan fingerprint density at radius 1 is 1.11 bits per heavy atom. The number of rotatable bonds is 1. The van der Waals surface area contributed by atoms with Crippen molar-refractivity contribution < 1.29 is 0 Å². The summed E-state index contributed by atoms with van der Waals surface area (Å²) < 4.78 is 2.06. The Morgan fingerprint density at radius 3 is 2.00 bits per heavy atom. The van der Waals surface area contributed by atoms with Crippen molar-refractivity contribution in [3.8, 4) is 0 Å². The normalized spacial score (nSPS) is 41.6. The number of nitrogen functional groups attached to an aromatic ring is 1. The van der Waals surface area contributed by atoms with Crippen LogP contribution in [0.2, 0.25) is 0 Å². The first-order valence-electron chi connectivity index (χ1n) is 7.37. The second-order valence-corrected chi connectivity index (χ2v) is 7.15. The fourth-order valence-electron chi connectivity index (χ4n) is 5.42. The summed E-state index contributed by atoms with van der Waals surface area (Å²) in [6.45, 7) is 2.07. The Bertz CT molecular complexity index is 465. The molecule has 1 aromatic heterocycles. The molecule has 3 nitrogen and oxygen atoms in total. The molecule has 0 aliphatic heterocycles. The molecule has 3 heteroatoms. The fourth-order valence-corrected chi connectivity index (χ4v) is 5.42. The maximum atomic E-state index is 6.33. The van der Waals surface area contributed by atoms with Crippen molar-refractivity contribution in [1.29, 1.82) is 0 Å². The smallest absolute Gasteiger partial charge is 0.127 e. The van der Waals surface area contributed by atoms with Gasteiger partial charge in [0.2, 0.25) is 0 Å². The van der Waals surface area contributed by atoms with Crippen LogP contribution in [0.1, 0.15) is 50.0 Å². The lowest BCUT2D eigenvalue weighted by molar-refractivity contribution is -0.00670. The lowest BCUT2D eigenvalue weighted by Gasteiger charge is -2.56. The first kappa shape index (κ1) is 10.9. The van der Waals surface area contributed by atoms with Gasteiger partial charge in [0.15, 0.2) is 0 Å². The van der Waals surface area contributed by atoms with E-state index in [4.69, 9.17) is 10.7 Å². The fraction of sp³-hybridized carbons (Fsp3) is 0.800. The van der Waals surface area contributed by atoms with Crippen molar-refractivity contribution >= 4 is 5.82 Å². The van der Waals surface area contributed by atoms with Gasteiger partial charge in [-0.15, -0.1) is 0 Å². The van der Waals surface area contributed by atoms with E-state index in [0.717, 1.165) is 29.4 Å². The molecule has 1 aromatic rings. The molecule has 98 valence electrons. The molecule has 18 heavy (non-hydrogen) atoms. The average molecular weight is 245 g/mol. The van der Waals surface area contributed by atoms with Gasteiger partial charge in [0.05, 0.1) is 5.69 Å². The highest BCUT2D eigenvalue weighted by Crippen LogP contribution is 2.61. The summed E-state index contributed by atoms with van der Waals surface area (Å²) in [5, 5.41) is 0. The van der Waals surface area contributed by atoms with E-state index < -0.39 is 0 Å². The van der Waals surface area contributed by atoms with E-state index in [1.54, 1.807) is 0 Å². The van der Waals surface area contributed by atoms with Crippen molar-refractivity contribution in [2.75, 3.05) is 5.73 Å². The van der Waals surface area contributed by atoms with E-state index in [2.05, 4.69) is 11.5 Å². The number of hydrogen-bond acceptors (Lipinski definition) is 2. The SMILES string of the molecule is Cc1nc(C23CC4CC(CC(C4)C2)C3)c(N)n1C. The third kappa shape index (κ3) is 1.28. The van der Waals surface area contributed by atoms with Gasteiger partial charge in [0.25, 0.3) is 0 Å². The highest BCUT2D eigenvalue weighted by molar-refractivity contribution is 5.44. The molecule has 0 aromatic carbocycles. The number of nitrogens with two attached hydrogens (primary N) is 1. The molecule has 4 bridgehead atoms. The molecule has 1 heterocycles. The minimum absolute atomic E-state index is 0.338. The second-order valence-electron chi connectivity index (χ2n) is 7.15. The molecule has 4 fully saturated rings. The third-order valence-corrected chi connectivity index (χ3v) is 5.90. The first-order valence-corrected chi connectivity index (χ1v) is 7.37. The van der Waals surface area contributed by atoms with Gasteiger partial charge in [-0.2, -0.15) is 0 Å². The maximum absolute atomic E-state index is 6.33. The number of hydrogen-bond donors (Lipinski definition) is 1. The van der Waals surface area contributed by atoms with Gasteiger partial charge in [-0.25, -0.2) is 4.98 Å². The first-order chi connectivity index (χ1) is 8.57. The quantitative estimate of drug-likeness (QED) is 0.826. The molecule has 0 amide bonds. The molecule has 0 atom stereocenters. The van der Waals surface area contributed by atoms with Crippen LogP contribution in [0.15, 0.2) is 0 Å². The number of imidazole rings is 1. The summed E-state index contributed by atoms with van der Waals surface area (Å²) >= 11 is 0. The van der Waals surface area contributed by atoms with Crippen LogP contribution in [0.5, 0.6) is 0 Å². The number of aryl methyl sites for hydroxylation is 1. The van der Waals surface area contributed by atoms with E-state index in [-0.39, 0.29) is 0 Å². The molecule has 0 spiro atoms. The number of nitrogens with zero attached hydrogens (tertiary/aromatic N) is 2. The van der Waals surface area contributed by atoms with Crippen molar-refractivity contribution in [3.63, 3.8) is 0 Å². The summed E-state index contributed by atoms with van der Waals surface area (Å²) in [7, 11) is 2.04. The van der Waals surface area contributed by atoms with Crippen molar-refractivity contribution in [2.45, 2.75) is 50.9 Å². The summed E-state index contributed by atoms with van der Waals surface area (Å²) in [4.78, 5) is 4.84. The molecule has 4 aliphatic rings. The van der Waals surface area contributed by atoms with E-state index in [9.17, 15) is 0 Å². The molecule has 5 rings (SSSR count). The average Bonchev–Trinajstić information content (AvgIpc) is 2.56. The predicted octanol–water partition coefficient (Wildman–Crippen LogP) is 2.78. The largest absolute Gasteiger partial charge is 0.384 e. The summed E-state index contributed by atoms with van der Waals surface area (Å²) in [5.74, 6) is 4.86. The van der Waals surface area contributed by atoms with Crippen LogP contribution in [-0.2, 0) is 12.5 Å². The number of aromatic nitrogens is 2. The van der Waals surface area contributed by atoms with Crippen molar-refractivity contribution in [1.82, 2.24) is 9.55 Å². The van der Waals surface area contributed by atoms with Gasteiger partial charge in [-0.05, 0) is 63.2 Å². The van der Waals surface area contributed by atoms with Crippen LogP contribution < -0.4 is 5.73 Å². The van der Waals surface area contributed by atoms with Crippen LogP contribution in [0.25, 0.3) is 0 Å². The molecular weight excluding hydrogens is 222 g/mol. The Hall–Kier alpha value is -0.990. The van der Waals surface area contributed by atoms with E-state index in [1.807, 2.05) is 7.05 Å². The monoisotopic (exact) mass is 245 g/mol. The van der Waals surface area contributed by atoms with Gasteiger partial charge in [-0.1, -0.05) is 0 Å². The lowest BCUT2D eigenvalue weighted by atomic mass is 9.49. The Balaban J connectivity index is 1.81. The van der Waals surface area contributed by atoms with Gasteiger partial charge >= 0.3 is 0 Å². The lowest BCUT2D eigenvalue weighted by Crippen LogP contribution is -2.49. The zero-order chi connectivity index (χ0) is 12.5. The maximum Gasteiger partial charge on any atom is 0.127 e. The zero-order valence-electron chi connectivity index (χ0n) is 11.4. The Morgan fingerprint density at radius 2 is 1.61 bits per heavy atom. The summed E-state index contributed by atoms with van der Waals surface area (Å²) in [6, 6.07) is 0. The third-order valence-electron chi connectivity index (χ3n) is 5.90. The summed E-state index contributed by atoms with van der Waals surface area (Å²) in [6.07, 6.45) is 8.47. The van der Waals surface area contributed by atoms with Crippen LogP contribution in [-0.4, -0.2) is 9.55 Å². The minimum atomic E-state index is 0.338. The van der Waals surface area contributed by atoms with E-state index in [1.165, 1.54) is 44.2 Å². The van der Waals surface area contributed by atoms with Gasteiger partial charge < -0.3 is 10.3 Å². The predicted molar refractivity (Wildman–Crippen MR) is 72.2 cm³/mol. The minimum Gasteiger partial charge on any atom is -0.384 e. The van der Waals surface area contributed by atoms with Crippen LogP contribution in [0.3, 0.4) is 0 Å². The summed E-state index contributed by atoms with van der Waals surface area (Å²) in [5.41, 5.74) is 7.90. The van der Waals surface area contributed by atoms with Gasteiger partial charge in [0.1, 0.15) is 11.6 Å². The molecule has 0 unspecified atom stereocenters. The van der Waals surface area contributed by atoms with Crippen LogP contribution in [0, 0.1) is 24.7 Å². The van der Waals surface area contributed by atoms with Crippen molar-refractivity contribution in [3.05, 3.63) is 11.5 Å². The topological polar surface area (TPSA) is 43.8 Å². The van der Waals surface area contributed by atoms with Crippen LogP contribution >= 0.6 is 0 Å². The molecule has 4 aliphatic carbocycles. The van der Waals surface area contributed by atoms with Gasteiger partial charge in [-0.3, -0.25) is 0 Å². The van der Waals surface area contributed by atoms with E-state index in [0.29, 0.717) is 5.41 Å². The highest BCUT2D eigenvalue weighted by Gasteiger charge is 2.53. The Kier molecular flexibility index (Phi) is 2.00. The highest BCUT2D eigenvalue weighted by atomic mass is 15.1. The van der Waals surface area contributed by atoms with Crippen LogP contribution in [0.4, 0.5) is 5.82 Å². The molecule has 0 radical (unpaired) electrons. The number of anilines is 1.